The number of nitriles is 1. The van der Waals surface area contributed by atoms with E-state index in [1.54, 1.807) is 6.92 Å². The van der Waals surface area contributed by atoms with E-state index < -0.39 is 5.97 Å². The fourth-order valence-electron chi connectivity index (χ4n) is 0.922. The Hall–Kier alpha value is -1.15. The van der Waals surface area contributed by atoms with Crippen molar-refractivity contribution in [3.63, 3.8) is 0 Å². The van der Waals surface area contributed by atoms with Crippen molar-refractivity contribution in [2.24, 2.45) is 0 Å². The molecule has 1 saturated heterocycles. The first kappa shape index (κ1) is 9.93. The highest BCUT2D eigenvalue weighted by atomic mass is 32.2. The van der Waals surface area contributed by atoms with Gasteiger partial charge in [0.15, 0.2) is 5.57 Å². The first-order chi connectivity index (χ1) is 6.29. The Morgan fingerprint density at radius 2 is 2.62 bits per heavy atom. The lowest BCUT2D eigenvalue weighted by molar-refractivity contribution is -0.138. The number of thioether (sulfide) groups is 1. The molecule has 1 aliphatic heterocycles. The third-order valence-corrected chi connectivity index (χ3v) is 2.50. The summed E-state index contributed by atoms with van der Waals surface area (Å²) in [5.74, 6) is 0.349. The second kappa shape index (κ2) is 4.77. The van der Waals surface area contributed by atoms with Crippen LogP contribution in [0.5, 0.6) is 0 Å². The van der Waals surface area contributed by atoms with Crippen molar-refractivity contribution < 1.29 is 9.53 Å². The maximum absolute atomic E-state index is 11.2. The number of rotatable bonds is 2. The van der Waals surface area contributed by atoms with E-state index in [4.69, 9.17) is 10.00 Å². The molecule has 1 fully saturated rings. The molecule has 0 aliphatic carbocycles. The van der Waals surface area contributed by atoms with Gasteiger partial charge in [-0.25, -0.2) is 4.79 Å². The quantitative estimate of drug-likeness (QED) is 0.400. The minimum Gasteiger partial charge on any atom is -0.462 e. The van der Waals surface area contributed by atoms with Crippen LogP contribution in [0.4, 0.5) is 0 Å². The Kier molecular flexibility index (Phi) is 3.65. The molecule has 0 radical (unpaired) electrons. The molecule has 1 heterocycles. The first-order valence-corrected chi connectivity index (χ1v) is 4.96. The van der Waals surface area contributed by atoms with Crippen molar-refractivity contribution in [3.8, 4) is 6.07 Å². The van der Waals surface area contributed by atoms with Gasteiger partial charge in [-0.05, 0) is 6.92 Å². The van der Waals surface area contributed by atoms with Crippen LogP contribution in [0.3, 0.4) is 0 Å². The lowest BCUT2D eigenvalue weighted by atomic mass is 10.3. The molecule has 0 unspecified atom stereocenters. The van der Waals surface area contributed by atoms with E-state index in [0.717, 1.165) is 12.3 Å². The van der Waals surface area contributed by atoms with E-state index in [1.807, 2.05) is 6.07 Å². The Morgan fingerprint density at radius 1 is 1.85 bits per heavy atom. The van der Waals surface area contributed by atoms with E-state index in [9.17, 15) is 4.79 Å². The van der Waals surface area contributed by atoms with E-state index in [2.05, 4.69) is 5.32 Å². The summed E-state index contributed by atoms with van der Waals surface area (Å²) >= 11 is 1.47. The molecule has 0 saturated carbocycles. The van der Waals surface area contributed by atoms with Crippen LogP contribution in [-0.2, 0) is 9.53 Å². The zero-order valence-corrected chi connectivity index (χ0v) is 8.11. The molecule has 1 aliphatic rings. The van der Waals surface area contributed by atoms with Gasteiger partial charge in [-0.2, -0.15) is 5.26 Å². The number of carbonyl (C=O) groups is 1. The third-order valence-electron chi connectivity index (χ3n) is 1.45. The predicted molar refractivity (Wildman–Crippen MR) is 49.7 cm³/mol. The first-order valence-electron chi connectivity index (χ1n) is 3.97. The van der Waals surface area contributed by atoms with Crippen LogP contribution in [0.2, 0.25) is 0 Å². The average Bonchev–Trinajstić information content (AvgIpc) is 2.59. The van der Waals surface area contributed by atoms with E-state index in [-0.39, 0.29) is 5.57 Å². The fourth-order valence-corrected chi connectivity index (χ4v) is 1.81. The van der Waals surface area contributed by atoms with Gasteiger partial charge in [0.1, 0.15) is 6.07 Å². The number of hydrogen-bond donors (Lipinski definition) is 1. The molecule has 4 nitrogen and oxygen atoms in total. The predicted octanol–water partition coefficient (Wildman–Crippen LogP) is 0.621. The van der Waals surface area contributed by atoms with Gasteiger partial charge in [-0.1, -0.05) is 0 Å². The molecule has 5 heteroatoms. The maximum atomic E-state index is 11.2. The van der Waals surface area contributed by atoms with Gasteiger partial charge in [0.05, 0.1) is 11.6 Å². The molecular formula is C8H10N2O2S. The monoisotopic (exact) mass is 198 g/mol. The second-order valence-corrected chi connectivity index (χ2v) is 3.42. The SMILES string of the molecule is CCOC(=O)/C(C#N)=C1\NCCS1. The Labute approximate surface area is 80.9 Å². The molecule has 0 aromatic heterocycles. The Balaban J connectivity index is 2.77. The molecule has 0 atom stereocenters. The molecule has 70 valence electrons. The topological polar surface area (TPSA) is 62.1 Å². The van der Waals surface area contributed by atoms with Crippen molar-refractivity contribution in [2.45, 2.75) is 6.92 Å². The molecule has 1 rings (SSSR count). The lowest BCUT2D eigenvalue weighted by Gasteiger charge is -2.02. The van der Waals surface area contributed by atoms with Crippen molar-refractivity contribution in [2.75, 3.05) is 18.9 Å². The largest absolute Gasteiger partial charge is 0.462 e. The van der Waals surface area contributed by atoms with Crippen molar-refractivity contribution in [1.82, 2.24) is 5.32 Å². The van der Waals surface area contributed by atoms with Crippen LogP contribution >= 0.6 is 11.8 Å². The standard InChI is InChI=1S/C8H10N2O2S/c1-2-12-8(11)6(5-9)7-10-3-4-13-7/h10H,2-4H2,1H3/b7-6+. The normalized spacial score (nSPS) is 18.8. The number of ether oxygens (including phenoxy) is 1. The van der Waals surface area contributed by atoms with Gasteiger partial charge in [0, 0.05) is 12.3 Å². The summed E-state index contributed by atoms with van der Waals surface area (Å²) < 4.78 is 4.73. The number of nitrogens with zero attached hydrogens (tertiary/aromatic N) is 1. The van der Waals surface area contributed by atoms with Gasteiger partial charge < -0.3 is 10.1 Å². The van der Waals surface area contributed by atoms with E-state index >= 15 is 0 Å². The molecule has 13 heavy (non-hydrogen) atoms. The zero-order chi connectivity index (χ0) is 9.68. The van der Waals surface area contributed by atoms with Crippen molar-refractivity contribution in [1.29, 1.82) is 5.26 Å². The molecule has 0 aromatic rings. The Morgan fingerprint density at radius 3 is 3.08 bits per heavy atom. The minimum absolute atomic E-state index is 0.0874. The average molecular weight is 198 g/mol. The minimum atomic E-state index is -0.540. The summed E-state index contributed by atoms with van der Waals surface area (Å²) in [4.78, 5) is 11.2. The van der Waals surface area contributed by atoms with E-state index in [1.165, 1.54) is 11.8 Å². The molecule has 0 bridgehead atoms. The van der Waals surface area contributed by atoms with Gasteiger partial charge >= 0.3 is 5.97 Å². The molecule has 1 N–H and O–H groups in total. The van der Waals surface area contributed by atoms with Crippen molar-refractivity contribution in [3.05, 3.63) is 10.6 Å². The summed E-state index contributed by atoms with van der Waals surface area (Å²) in [5.41, 5.74) is 0.0874. The fraction of sp³-hybridized carbons (Fsp3) is 0.500. The highest BCUT2D eigenvalue weighted by Crippen LogP contribution is 2.21. The second-order valence-electron chi connectivity index (χ2n) is 2.31. The molecule has 0 aromatic carbocycles. The number of esters is 1. The summed E-state index contributed by atoms with van der Waals surface area (Å²) in [6.07, 6.45) is 0. The van der Waals surface area contributed by atoms with Gasteiger partial charge in [0.2, 0.25) is 0 Å². The number of nitrogens with one attached hydrogen (secondary N) is 1. The third kappa shape index (κ3) is 2.39. The highest BCUT2D eigenvalue weighted by molar-refractivity contribution is 8.03. The highest BCUT2D eigenvalue weighted by Gasteiger charge is 2.19. The van der Waals surface area contributed by atoms with Gasteiger partial charge in [0.25, 0.3) is 0 Å². The number of carbonyl (C=O) groups excluding carboxylic acids is 1. The smallest absolute Gasteiger partial charge is 0.351 e. The van der Waals surface area contributed by atoms with Crippen LogP contribution < -0.4 is 5.32 Å². The van der Waals surface area contributed by atoms with Gasteiger partial charge in [-0.15, -0.1) is 11.8 Å². The molecular weight excluding hydrogens is 188 g/mol. The van der Waals surface area contributed by atoms with Crippen LogP contribution in [-0.4, -0.2) is 24.9 Å². The summed E-state index contributed by atoms with van der Waals surface area (Å²) in [6, 6.07) is 1.85. The van der Waals surface area contributed by atoms with Crippen LogP contribution in [0, 0.1) is 11.3 Å². The zero-order valence-electron chi connectivity index (χ0n) is 7.29. The van der Waals surface area contributed by atoms with Crippen LogP contribution in [0.1, 0.15) is 6.92 Å². The lowest BCUT2D eigenvalue weighted by Crippen LogP contribution is -2.13. The number of hydrogen-bond acceptors (Lipinski definition) is 5. The summed E-state index contributed by atoms with van der Waals surface area (Å²) in [6.45, 7) is 2.80. The summed E-state index contributed by atoms with van der Waals surface area (Å²) in [5, 5.41) is 12.3. The Bertz CT molecular complexity index is 272. The summed E-state index contributed by atoms with van der Waals surface area (Å²) in [7, 11) is 0. The molecule has 0 amide bonds. The molecule has 0 spiro atoms. The maximum Gasteiger partial charge on any atom is 0.351 e. The van der Waals surface area contributed by atoms with E-state index in [0.29, 0.717) is 11.6 Å². The van der Waals surface area contributed by atoms with Crippen LogP contribution in [0.25, 0.3) is 0 Å². The van der Waals surface area contributed by atoms with Gasteiger partial charge in [-0.3, -0.25) is 0 Å². The van der Waals surface area contributed by atoms with Crippen LogP contribution in [0.15, 0.2) is 10.6 Å². The van der Waals surface area contributed by atoms with Crippen molar-refractivity contribution >= 4 is 17.7 Å².